The van der Waals surface area contributed by atoms with Gasteiger partial charge in [0, 0.05) is 5.02 Å². The molecule has 0 amide bonds. The van der Waals surface area contributed by atoms with Crippen molar-refractivity contribution in [1.29, 1.82) is 0 Å². The van der Waals surface area contributed by atoms with Crippen molar-refractivity contribution in [2.75, 3.05) is 14.2 Å². The van der Waals surface area contributed by atoms with Crippen molar-refractivity contribution < 1.29 is 14.2 Å². The lowest BCUT2D eigenvalue weighted by atomic mass is 10.2. The second kappa shape index (κ2) is 10.4. The molecule has 0 aliphatic heterocycles. The van der Waals surface area contributed by atoms with Gasteiger partial charge in [0.15, 0.2) is 11.5 Å². The van der Waals surface area contributed by atoms with E-state index in [0.717, 1.165) is 22.4 Å². The van der Waals surface area contributed by atoms with Crippen molar-refractivity contribution in [3.63, 3.8) is 0 Å². The van der Waals surface area contributed by atoms with Gasteiger partial charge in [-0.05, 0) is 53.1 Å². The first-order valence-corrected chi connectivity index (χ1v) is 9.50. The lowest BCUT2D eigenvalue weighted by molar-refractivity contribution is 0.306. The minimum atomic E-state index is 0.481. The predicted molar refractivity (Wildman–Crippen MR) is 116 cm³/mol. The van der Waals surface area contributed by atoms with Gasteiger partial charge in [0.05, 0.1) is 27.0 Å². The Bertz CT molecular complexity index is 959. The lowest BCUT2D eigenvalue weighted by Crippen LogP contribution is -2.06. The minimum absolute atomic E-state index is 0.481. The summed E-state index contributed by atoms with van der Waals surface area (Å²) in [5.41, 5.74) is 6.09. The van der Waals surface area contributed by atoms with Gasteiger partial charge in [-0.3, -0.25) is 0 Å². The van der Waals surface area contributed by atoms with Gasteiger partial charge in [0.2, 0.25) is 0 Å². The number of methoxy groups -OCH3 is 2. The summed E-state index contributed by atoms with van der Waals surface area (Å²) >= 11 is 5.90. The number of hydrazone groups is 1. The number of hydrogen-bond acceptors (Lipinski definition) is 5. The third kappa shape index (κ3) is 6.16. The van der Waals surface area contributed by atoms with Crippen molar-refractivity contribution in [2.45, 2.75) is 13.2 Å². The first kappa shape index (κ1) is 20.6. The molecule has 3 aromatic rings. The van der Waals surface area contributed by atoms with Crippen molar-refractivity contribution in [1.82, 2.24) is 5.43 Å². The standard InChI is InChI=1S/C23H23ClN2O3/c1-27-22-11-8-19(13-23(22)28-2)15-26-25-14-18-4-3-5-21(12-18)29-16-17-6-9-20(24)10-7-17/h3-14,26H,15-16H2,1-2H3/b25-14-. The molecule has 3 aromatic carbocycles. The number of nitrogens with one attached hydrogen (secondary N) is 1. The summed E-state index contributed by atoms with van der Waals surface area (Å²) < 4.78 is 16.4. The Labute approximate surface area is 175 Å². The highest BCUT2D eigenvalue weighted by Crippen LogP contribution is 2.27. The van der Waals surface area contributed by atoms with Gasteiger partial charge in [-0.1, -0.05) is 41.9 Å². The highest BCUT2D eigenvalue weighted by molar-refractivity contribution is 6.30. The summed E-state index contributed by atoms with van der Waals surface area (Å²) in [6.07, 6.45) is 1.76. The fourth-order valence-electron chi connectivity index (χ4n) is 2.68. The Morgan fingerprint density at radius 1 is 0.897 bits per heavy atom. The Morgan fingerprint density at radius 3 is 2.41 bits per heavy atom. The van der Waals surface area contributed by atoms with Crippen LogP contribution in [0.15, 0.2) is 71.8 Å². The van der Waals surface area contributed by atoms with Crippen molar-refractivity contribution in [3.05, 3.63) is 88.4 Å². The molecule has 0 atom stereocenters. The maximum atomic E-state index is 5.90. The summed E-state index contributed by atoms with van der Waals surface area (Å²) in [5.74, 6) is 2.18. The van der Waals surface area contributed by atoms with E-state index in [0.29, 0.717) is 29.7 Å². The molecule has 0 radical (unpaired) electrons. The SMILES string of the molecule is COc1ccc(CN/N=C\c2cccc(OCc3ccc(Cl)cc3)c2)cc1OC. The summed E-state index contributed by atoms with van der Waals surface area (Å²) in [7, 11) is 3.24. The molecule has 6 heteroatoms. The van der Waals surface area contributed by atoms with Gasteiger partial charge in [-0.25, -0.2) is 0 Å². The topological polar surface area (TPSA) is 52.1 Å². The van der Waals surface area contributed by atoms with Gasteiger partial charge >= 0.3 is 0 Å². The van der Waals surface area contributed by atoms with Crippen LogP contribution in [0.4, 0.5) is 0 Å². The highest BCUT2D eigenvalue weighted by Gasteiger charge is 2.04. The first-order chi connectivity index (χ1) is 14.2. The molecule has 29 heavy (non-hydrogen) atoms. The van der Waals surface area contributed by atoms with Gasteiger partial charge < -0.3 is 19.6 Å². The van der Waals surface area contributed by atoms with E-state index in [2.05, 4.69) is 10.5 Å². The third-order valence-corrected chi connectivity index (χ3v) is 4.46. The van der Waals surface area contributed by atoms with E-state index in [9.17, 15) is 0 Å². The van der Waals surface area contributed by atoms with E-state index >= 15 is 0 Å². The van der Waals surface area contributed by atoms with Crippen LogP contribution >= 0.6 is 11.6 Å². The second-order valence-corrected chi connectivity index (χ2v) is 6.71. The predicted octanol–water partition coefficient (Wildman–Crippen LogP) is 5.06. The average molecular weight is 411 g/mol. The Kier molecular flexibility index (Phi) is 7.36. The van der Waals surface area contributed by atoms with E-state index in [-0.39, 0.29) is 0 Å². The van der Waals surface area contributed by atoms with E-state index in [1.807, 2.05) is 66.7 Å². The Morgan fingerprint density at radius 2 is 1.66 bits per heavy atom. The van der Waals surface area contributed by atoms with Crippen molar-refractivity contribution in [2.24, 2.45) is 5.10 Å². The van der Waals surface area contributed by atoms with Gasteiger partial charge in [0.25, 0.3) is 0 Å². The maximum Gasteiger partial charge on any atom is 0.161 e. The van der Waals surface area contributed by atoms with Crippen LogP contribution in [-0.2, 0) is 13.2 Å². The molecular weight excluding hydrogens is 388 g/mol. The summed E-state index contributed by atoms with van der Waals surface area (Å²) in [6, 6.07) is 21.1. The first-order valence-electron chi connectivity index (χ1n) is 9.12. The fourth-order valence-corrected chi connectivity index (χ4v) is 2.81. The molecule has 0 saturated carbocycles. The zero-order valence-corrected chi connectivity index (χ0v) is 17.1. The minimum Gasteiger partial charge on any atom is -0.493 e. The summed E-state index contributed by atoms with van der Waals surface area (Å²) in [6.45, 7) is 1.05. The molecule has 0 saturated heterocycles. The smallest absolute Gasteiger partial charge is 0.161 e. The summed E-state index contributed by atoms with van der Waals surface area (Å²) in [5, 5.41) is 5.00. The van der Waals surface area contributed by atoms with Crippen LogP contribution < -0.4 is 19.6 Å². The Balaban J connectivity index is 1.53. The molecule has 1 N–H and O–H groups in total. The van der Waals surface area contributed by atoms with Crippen LogP contribution in [0.5, 0.6) is 17.2 Å². The van der Waals surface area contributed by atoms with Crippen LogP contribution in [0.3, 0.4) is 0 Å². The van der Waals surface area contributed by atoms with Crippen LogP contribution in [0.25, 0.3) is 0 Å². The number of benzene rings is 3. The molecular formula is C23H23ClN2O3. The number of ether oxygens (including phenoxy) is 3. The number of nitrogens with zero attached hydrogens (tertiary/aromatic N) is 1. The maximum absolute atomic E-state index is 5.90. The van der Waals surface area contributed by atoms with E-state index in [1.54, 1.807) is 20.4 Å². The molecule has 0 heterocycles. The van der Waals surface area contributed by atoms with Crippen LogP contribution in [-0.4, -0.2) is 20.4 Å². The molecule has 0 fully saturated rings. The van der Waals surface area contributed by atoms with Crippen molar-refractivity contribution in [3.8, 4) is 17.2 Å². The largest absolute Gasteiger partial charge is 0.493 e. The monoisotopic (exact) mass is 410 g/mol. The normalized spacial score (nSPS) is 10.7. The number of rotatable bonds is 9. The Hall–Kier alpha value is -3.18. The molecule has 150 valence electrons. The lowest BCUT2D eigenvalue weighted by Gasteiger charge is -2.09. The second-order valence-electron chi connectivity index (χ2n) is 6.27. The molecule has 0 unspecified atom stereocenters. The zero-order chi connectivity index (χ0) is 20.5. The van der Waals surface area contributed by atoms with E-state index < -0.39 is 0 Å². The number of halogens is 1. The third-order valence-electron chi connectivity index (χ3n) is 4.21. The van der Waals surface area contributed by atoms with Gasteiger partial charge in [-0.2, -0.15) is 5.10 Å². The quantitative estimate of drug-likeness (QED) is 0.395. The van der Waals surface area contributed by atoms with Gasteiger partial charge in [-0.15, -0.1) is 0 Å². The van der Waals surface area contributed by atoms with E-state index in [1.165, 1.54) is 0 Å². The molecule has 0 aliphatic rings. The van der Waals surface area contributed by atoms with Crippen LogP contribution in [0, 0.1) is 0 Å². The number of hydrogen-bond donors (Lipinski definition) is 1. The van der Waals surface area contributed by atoms with Crippen molar-refractivity contribution >= 4 is 17.8 Å². The van der Waals surface area contributed by atoms with Crippen LogP contribution in [0.2, 0.25) is 5.02 Å². The molecule has 0 aliphatic carbocycles. The molecule has 5 nitrogen and oxygen atoms in total. The highest BCUT2D eigenvalue weighted by atomic mass is 35.5. The molecule has 0 spiro atoms. The van der Waals surface area contributed by atoms with E-state index in [4.69, 9.17) is 25.8 Å². The molecule has 0 aromatic heterocycles. The average Bonchev–Trinajstić information content (AvgIpc) is 2.76. The molecule has 3 rings (SSSR count). The van der Waals surface area contributed by atoms with Crippen LogP contribution in [0.1, 0.15) is 16.7 Å². The fraction of sp³-hybridized carbons (Fsp3) is 0.174. The van der Waals surface area contributed by atoms with Gasteiger partial charge in [0.1, 0.15) is 12.4 Å². The summed E-state index contributed by atoms with van der Waals surface area (Å²) in [4.78, 5) is 0. The molecule has 0 bridgehead atoms. The zero-order valence-electron chi connectivity index (χ0n) is 16.4.